The minimum Gasteiger partial charge on any atom is -0.478 e. The summed E-state index contributed by atoms with van der Waals surface area (Å²) in [5, 5.41) is 27.8. The molecule has 0 aromatic heterocycles. The fourth-order valence-corrected chi connectivity index (χ4v) is 2.13. The molecular weight excluding hydrogens is 318 g/mol. The summed E-state index contributed by atoms with van der Waals surface area (Å²) >= 11 is 0. The van der Waals surface area contributed by atoms with Gasteiger partial charge in [-0.3, -0.25) is 10.1 Å². The Kier molecular flexibility index (Phi) is 4.06. The molecule has 3 rings (SSSR count). The van der Waals surface area contributed by atoms with Gasteiger partial charge in [0.05, 0.1) is 34.3 Å². The summed E-state index contributed by atoms with van der Waals surface area (Å²) in [6.45, 7) is 0.00101. The van der Waals surface area contributed by atoms with Crippen LogP contribution in [-0.4, -0.2) is 22.8 Å². The highest BCUT2D eigenvalue weighted by Crippen LogP contribution is 2.38. The van der Waals surface area contributed by atoms with Crippen LogP contribution in [0.15, 0.2) is 46.6 Å². The molecule has 1 heterocycles. The van der Waals surface area contributed by atoms with Crippen LogP contribution in [0.5, 0.6) is 11.5 Å². The van der Waals surface area contributed by atoms with E-state index in [0.717, 1.165) is 0 Å². The second-order valence-corrected chi connectivity index (χ2v) is 4.84. The zero-order valence-corrected chi connectivity index (χ0v) is 12.2. The van der Waals surface area contributed by atoms with Crippen LogP contribution in [0, 0.1) is 10.1 Å². The molecule has 2 aromatic carbocycles. The van der Waals surface area contributed by atoms with E-state index in [1.165, 1.54) is 36.4 Å². The van der Waals surface area contributed by atoms with Crippen LogP contribution in [-0.2, 0) is 6.54 Å². The second-order valence-electron chi connectivity index (χ2n) is 4.84. The molecule has 0 aliphatic carbocycles. The molecule has 0 saturated heterocycles. The van der Waals surface area contributed by atoms with Crippen molar-refractivity contribution in [2.75, 3.05) is 6.79 Å². The summed E-state index contributed by atoms with van der Waals surface area (Å²) in [6.07, 6.45) is 0. The van der Waals surface area contributed by atoms with Gasteiger partial charge in [-0.25, -0.2) is 4.79 Å². The molecule has 1 N–H and O–H groups in total. The maximum Gasteiger partial charge on any atom is 0.335 e. The molecule has 0 bridgehead atoms. The van der Waals surface area contributed by atoms with Gasteiger partial charge in [0.15, 0.2) is 11.5 Å². The first-order valence-electron chi connectivity index (χ1n) is 6.82. The Morgan fingerprint density at radius 1 is 1.21 bits per heavy atom. The molecule has 0 radical (unpaired) electrons. The number of nitro benzene ring substituents is 1. The van der Waals surface area contributed by atoms with Gasteiger partial charge in [0.2, 0.25) is 6.79 Å². The molecule has 0 atom stereocenters. The summed E-state index contributed by atoms with van der Waals surface area (Å²) in [5.74, 6) is -0.280. The molecule has 0 fully saturated rings. The third-order valence-electron chi connectivity index (χ3n) is 3.31. The normalized spacial score (nSPS) is 12.5. The minimum atomic E-state index is -1.03. The van der Waals surface area contributed by atoms with E-state index in [9.17, 15) is 14.9 Å². The van der Waals surface area contributed by atoms with Gasteiger partial charge in [0.1, 0.15) is 0 Å². The van der Waals surface area contributed by atoms with Gasteiger partial charge < -0.3 is 14.6 Å². The first kappa shape index (κ1) is 15.4. The average molecular weight is 329 g/mol. The number of ether oxygens (including phenoxy) is 2. The van der Waals surface area contributed by atoms with E-state index in [-0.39, 0.29) is 24.6 Å². The standard InChI is InChI=1S/C15H11N3O6/c19-15(20)9-1-3-11(4-2-9)17-16-7-10-5-13-14(24-8-23-13)6-12(10)18(21)22/h1-6H,7-8H2,(H,19,20). The lowest BCUT2D eigenvalue weighted by Crippen LogP contribution is -1.95. The predicted molar refractivity (Wildman–Crippen MR) is 80.8 cm³/mol. The number of carboxylic acid groups (broad SMARTS) is 1. The molecule has 0 amide bonds. The van der Waals surface area contributed by atoms with Gasteiger partial charge >= 0.3 is 5.97 Å². The van der Waals surface area contributed by atoms with Crippen LogP contribution in [0.4, 0.5) is 11.4 Å². The van der Waals surface area contributed by atoms with Crippen molar-refractivity contribution in [3.8, 4) is 11.5 Å². The van der Waals surface area contributed by atoms with Crippen molar-refractivity contribution in [1.29, 1.82) is 0 Å². The van der Waals surface area contributed by atoms with Crippen LogP contribution >= 0.6 is 0 Å². The number of carboxylic acids is 1. The van der Waals surface area contributed by atoms with E-state index in [2.05, 4.69) is 10.2 Å². The Bertz CT molecular complexity index is 832. The van der Waals surface area contributed by atoms with Crippen molar-refractivity contribution in [2.24, 2.45) is 10.2 Å². The van der Waals surface area contributed by atoms with Crippen molar-refractivity contribution in [2.45, 2.75) is 6.54 Å². The first-order chi connectivity index (χ1) is 11.5. The predicted octanol–water partition coefficient (Wildman–Crippen LogP) is 3.31. The van der Waals surface area contributed by atoms with Crippen LogP contribution < -0.4 is 9.47 Å². The average Bonchev–Trinajstić information content (AvgIpc) is 3.01. The van der Waals surface area contributed by atoms with E-state index >= 15 is 0 Å². The Morgan fingerprint density at radius 2 is 1.88 bits per heavy atom. The molecule has 0 unspecified atom stereocenters. The highest BCUT2D eigenvalue weighted by molar-refractivity contribution is 5.87. The third kappa shape index (κ3) is 3.14. The van der Waals surface area contributed by atoms with Gasteiger partial charge in [-0.2, -0.15) is 10.2 Å². The maximum absolute atomic E-state index is 11.1. The number of azo groups is 1. The number of nitro groups is 1. The van der Waals surface area contributed by atoms with Gasteiger partial charge in [-0.15, -0.1) is 0 Å². The van der Waals surface area contributed by atoms with Gasteiger partial charge in [-0.05, 0) is 30.3 Å². The number of rotatable bonds is 5. The van der Waals surface area contributed by atoms with Crippen molar-refractivity contribution in [1.82, 2.24) is 0 Å². The summed E-state index contributed by atoms with van der Waals surface area (Å²) in [7, 11) is 0. The van der Waals surface area contributed by atoms with Crippen molar-refractivity contribution < 1.29 is 24.3 Å². The first-order valence-corrected chi connectivity index (χ1v) is 6.82. The largest absolute Gasteiger partial charge is 0.478 e. The molecule has 1 aliphatic rings. The molecule has 9 nitrogen and oxygen atoms in total. The number of nitrogens with zero attached hydrogens (tertiary/aromatic N) is 3. The van der Waals surface area contributed by atoms with E-state index in [0.29, 0.717) is 22.7 Å². The molecule has 24 heavy (non-hydrogen) atoms. The second kappa shape index (κ2) is 6.32. The zero-order valence-electron chi connectivity index (χ0n) is 12.2. The van der Waals surface area contributed by atoms with E-state index < -0.39 is 10.9 Å². The fourth-order valence-electron chi connectivity index (χ4n) is 2.13. The van der Waals surface area contributed by atoms with Crippen molar-refractivity contribution in [3.05, 3.63) is 57.6 Å². The molecule has 0 spiro atoms. The quantitative estimate of drug-likeness (QED) is 0.510. The summed E-state index contributed by atoms with van der Waals surface area (Å²) in [5.41, 5.74) is 0.804. The smallest absolute Gasteiger partial charge is 0.335 e. The van der Waals surface area contributed by atoms with Gasteiger partial charge in [-0.1, -0.05) is 0 Å². The molecular formula is C15H11N3O6. The Labute approximate surface area is 135 Å². The van der Waals surface area contributed by atoms with E-state index in [4.69, 9.17) is 14.6 Å². The monoisotopic (exact) mass is 329 g/mol. The Balaban J connectivity index is 1.78. The highest BCUT2D eigenvalue weighted by Gasteiger charge is 2.23. The molecule has 2 aromatic rings. The lowest BCUT2D eigenvalue weighted by Gasteiger charge is -2.02. The van der Waals surface area contributed by atoms with E-state index in [1.807, 2.05) is 0 Å². The molecule has 9 heteroatoms. The Hall–Kier alpha value is -3.49. The third-order valence-corrected chi connectivity index (χ3v) is 3.31. The highest BCUT2D eigenvalue weighted by atomic mass is 16.7. The number of benzene rings is 2. The van der Waals surface area contributed by atoms with Crippen molar-refractivity contribution in [3.63, 3.8) is 0 Å². The summed E-state index contributed by atoms with van der Waals surface area (Å²) in [4.78, 5) is 21.4. The van der Waals surface area contributed by atoms with Gasteiger partial charge in [0.25, 0.3) is 5.69 Å². The lowest BCUT2D eigenvalue weighted by atomic mass is 10.1. The van der Waals surface area contributed by atoms with Crippen LogP contribution in [0.2, 0.25) is 0 Å². The number of aromatic carboxylic acids is 1. The summed E-state index contributed by atoms with van der Waals surface area (Å²) in [6, 6.07) is 8.61. The topological polar surface area (TPSA) is 124 Å². The molecule has 1 aliphatic heterocycles. The molecule has 0 saturated carbocycles. The SMILES string of the molecule is O=C(O)c1ccc(N=NCc2cc3c(cc2[N+](=O)[O-])OCO3)cc1. The maximum atomic E-state index is 11.1. The Morgan fingerprint density at radius 3 is 2.50 bits per heavy atom. The number of carbonyl (C=O) groups is 1. The minimum absolute atomic E-state index is 0.0202. The summed E-state index contributed by atoms with van der Waals surface area (Å²) < 4.78 is 10.3. The number of hydrogen-bond acceptors (Lipinski definition) is 7. The van der Waals surface area contributed by atoms with Crippen LogP contribution in [0.3, 0.4) is 0 Å². The van der Waals surface area contributed by atoms with Crippen LogP contribution in [0.25, 0.3) is 0 Å². The number of hydrogen-bond donors (Lipinski definition) is 1. The van der Waals surface area contributed by atoms with E-state index in [1.54, 1.807) is 0 Å². The van der Waals surface area contributed by atoms with Gasteiger partial charge in [0, 0.05) is 0 Å². The van der Waals surface area contributed by atoms with Crippen molar-refractivity contribution >= 4 is 17.3 Å². The fraction of sp³-hybridized carbons (Fsp3) is 0.133. The van der Waals surface area contributed by atoms with Crippen LogP contribution in [0.1, 0.15) is 15.9 Å². The molecule has 122 valence electrons. The number of fused-ring (bicyclic) bond motifs is 1. The zero-order chi connectivity index (χ0) is 17.1. The lowest BCUT2D eigenvalue weighted by molar-refractivity contribution is -0.385.